The summed E-state index contributed by atoms with van der Waals surface area (Å²) in [5.41, 5.74) is 9.59. The van der Waals surface area contributed by atoms with E-state index < -0.39 is 0 Å². The maximum absolute atomic E-state index is 12.3. The van der Waals surface area contributed by atoms with E-state index in [4.69, 9.17) is 0 Å². The molecule has 1 N–H and O–H groups in total. The zero-order valence-corrected chi connectivity index (χ0v) is 15.3. The van der Waals surface area contributed by atoms with Crippen LogP contribution in [-0.4, -0.2) is 11.6 Å². The minimum Gasteiger partial charge on any atom is -0.267 e. The van der Waals surface area contributed by atoms with E-state index >= 15 is 0 Å². The Morgan fingerprint density at radius 2 is 1.38 bits per heavy atom. The Balaban J connectivity index is 1.71. The number of carbonyl (C=O) groups excluding carboxylic acids is 1. The van der Waals surface area contributed by atoms with E-state index in [1.807, 2.05) is 69.3 Å². The van der Waals surface area contributed by atoms with Crippen molar-refractivity contribution in [2.24, 2.45) is 5.10 Å². The molecule has 0 aliphatic heterocycles. The second-order valence-electron chi connectivity index (χ2n) is 6.38. The Labute approximate surface area is 154 Å². The van der Waals surface area contributed by atoms with Crippen LogP contribution in [0.5, 0.6) is 0 Å². The third-order valence-corrected chi connectivity index (χ3v) is 4.50. The highest BCUT2D eigenvalue weighted by Gasteiger charge is 2.06. The van der Waals surface area contributed by atoms with Crippen LogP contribution in [-0.2, 0) is 0 Å². The zero-order valence-electron chi connectivity index (χ0n) is 15.3. The first-order valence-electron chi connectivity index (χ1n) is 8.62. The van der Waals surface area contributed by atoms with Crippen molar-refractivity contribution in [3.05, 3.63) is 95.1 Å². The number of aryl methyl sites for hydroxylation is 2. The Kier molecular flexibility index (Phi) is 5.28. The van der Waals surface area contributed by atoms with Crippen LogP contribution in [0, 0.1) is 13.8 Å². The molecule has 0 fully saturated rings. The largest absolute Gasteiger partial charge is 0.271 e. The van der Waals surface area contributed by atoms with Gasteiger partial charge in [-0.25, -0.2) is 5.43 Å². The average Bonchev–Trinajstić information content (AvgIpc) is 2.68. The summed E-state index contributed by atoms with van der Waals surface area (Å²) in [7, 11) is 0. The molecule has 26 heavy (non-hydrogen) atoms. The maximum atomic E-state index is 12.3. The van der Waals surface area contributed by atoms with Crippen LogP contribution in [0.25, 0.3) is 11.1 Å². The summed E-state index contributed by atoms with van der Waals surface area (Å²) in [4.78, 5) is 12.3. The molecule has 0 bridgehead atoms. The van der Waals surface area contributed by atoms with Crippen LogP contribution in [0.3, 0.4) is 0 Å². The van der Waals surface area contributed by atoms with Gasteiger partial charge in [0.15, 0.2) is 0 Å². The van der Waals surface area contributed by atoms with E-state index in [-0.39, 0.29) is 5.91 Å². The molecule has 0 heterocycles. The van der Waals surface area contributed by atoms with Crippen molar-refractivity contribution in [3.63, 3.8) is 0 Å². The van der Waals surface area contributed by atoms with Crippen LogP contribution < -0.4 is 5.43 Å². The molecule has 0 unspecified atom stereocenters. The van der Waals surface area contributed by atoms with Gasteiger partial charge in [-0.15, -0.1) is 0 Å². The Morgan fingerprint density at radius 3 is 2.04 bits per heavy atom. The summed E-state index contributed by atoms with van der Waals surface area (Å²) in [6, 6.07) is 24.0. The highest BCUT2D eigenvalue weighted by molar-refractivity contribution is 6.01. The summed E-state index contributed by atoms with van der Waals surface area (Å²) in [6.07, 6.45) is 0. The number of hydrogen-bond acceptors (Lipinski definition) is 2. The summed E-state index contributed by atoms with van der Waals surface area (Å²) in [5.74, 6) is -0.201. The molecular formula is C23H22N2O. The van der Waals surface area contributed by atoms with Crippen molar-refractivity contribution in [2.45, 2.75) is 20.8 Å². The van der Waals surface area contributed by atoms with E-state index in [2.05, 4.69) is 34.8 Å². The van der Waals surface area contributed by atoms with Gasteiger partial charge in [-0.1, -0.05) is 60.7 Å². The minimum atomic E-state index is -0.201. The number of amides is 1. The molecule has 0 saturated carbocycles. The van der Waals surface area contributed by atoms with Crippen molar-refractivity contribution in [2.75, 3.05) is 0 Å². The molecule has 0 radical (unpaired) electrons. The molecule has 0 spiro atoms. The van der Waals surface area contributed by atoms with E-state index in [0.717, 1.165) is 22.4 Å². The van der Waals surface area contributed by atoms with E-state index in [1.54, 1.807) is 0 Å². The number of nitrogens with one attached hydrogen (secondary N) is 1. The first-order chi connectivity index (χ1) is 12.5. The maximum Gasteiger partial charge on any atom is 0.271 e. The molecule has 3 aromatic rings. The smallest absolute Gasteiger partial charge is 0.267 e. The predicted molar refractivity (Wildman–Crippen MR) is 107 cm³/mol. The molecule has 0 saturated heterocycles. The van der Waals surface area contributed by atoms with E-state index in [0.29, 0.717) is 5.56 Å². The molecular weight excluding hydrogens is 320 g/mol. The predicted octanol–water partition coefficient (Wildman–Crippen LogP) is 5.12. The van der Waals surface area contributed by atoms with Gasteiger partial charge in [0.05, 0.1) is 5.71 Å². The molecule has 3 nitrogen and oxygen atoms in total. The van der Waals surface area contributed by atoms with Gasteiger partial charge in [0.25, 0.3) is 5.91 Å². The molecule has 130 valence electrons. The van der Waals surface area contributed by atoms with E-state index in [9.17, 15) is 4.79 Å². The summed E-state index contributed by atoms with van der Waals surface area (Å²) >= 11 is 0. The third-order valence-electron chi connectivity index (χ3n) is 4.50. The Hall–Kier alpha value is -3.20. The molecule has 3 heteroatoms. The van der Waals surface area contributed by atoms with Crippen molar-refractivity contribution in [3.8, 4) is 11.1 Å². The number of nitrogens with zero attached hydrogens (tertiary/aromatic N) is 1. The fourth-order valence-corrected chi connectivity index (χ4v) is 2.68. The van der Waals surface area contributed by atoms with Crippen LogP contribution in [0.4, 0.5) is 0 Å². The average molecular weight is 342 g/mol. The molecule has 1 amide bonds. The monoisotopic (exact) mass is 342 g/mol. The second kappa shape index (κ2) is 7.79. The van der Waals surface area contributed by atoms with Gasteiger partial charge >= 0.3 is 0 Å². The number of hydrazone groups is 1. The number of carbonyl (C=O) groups is 1. The van der Waals surface area contributed by atoms with Crippen molar-refractivity contribution >= 4 is 11.6 Å². The number of benzene rings is 3. The van der Waals surface area contributed by atoms with Crippen LogP contribution in [0.2, 0.25) is 0 Å². The van der Waals surface area contributed by atoms with Gasteiger partial charge in [-0.05, 0) is 60.7 Å². The second-order valence-corrected chi connectivity index (χ2v) is 6.38. The van der Waals surface area contributed by atoms with E-state index in [1.165, 1.54) is 11.1 Å². The van der Waals surface area contributed by atoms with Crippen LogP contribution in [0.15, 0.2) is 77.9 Å². The normalized spacial score (nSPS) is 11.3. The van der Waals surface area contributed by atoms with Crippen LogP contribution in [0.1, 0.15) is 34.0 Å². The van der Waals surface area contributed by atoms with Gasteiger partial charge in [-0.3, -0.25) is 4.79 Å². The Bertz CT molecular complexity index is 942. The number of rotatable bonds is 4. The number of hydrogen-bond donors (Lipinski definition) is 1. The molecule has 3 rings (SSSR count). The lowest BCUT2D eigenvalue weighted by atomic mass is 10.0. The summed E-state index contributed by atoms with van der Waals surface area (Å²) in [5, 5.41) is 4.24. The van der Waals surface area contributed by atoms with Crippen molar-refractivity contribution in [1.82, 2.24) is 5.43 Å². The van der Waals surface area contributed by atoms with Crippen molar-refractivity contribution < 1.29 is 4.79 Å². The van der Waals surface area contributed by atoms with Crippen molar-refractivity contribution in [1.29, 1.82) is 0 Å². The Morgan fingerprint density at radius 1 is 0.769 bits per heavy atom. The SMILES string of the molecule is CC(=NNC(=O)c1ccc(C)c(C)c1)c1ccc(-c2ccccc2)cc1. The van der Waals surface area contributed by atoms with Gasteiger partial charge in [0.2, 0.25) is 0 Å². The lowest BCUT2D eigenvalue weighted by Gasteiger charge is -2.06. The molecule has 0 atom stereocenters. The molecule has 0 aliphatic carbocycles. The summed E-state index contributed by atoms with van der Waals surface area (Å²) in [6.45, 7) is 5.91. The van der Waals surface area contributed by atoms with Gasteiger partial charge in [0.1, 0.15) is 0 Å². The van der Waals surface area contributed by atoms with Gasteiger partial charge in [0, 0.05) is 5.56 Å². The molecule has 0 aromatic heterocycles. The zero-order chi connectivity index (χ0) is 18.5. The molecule has 3 aromatic carbocycles. The lowest BCUT2D eigenvalue weighted by Crippen LogP contribution is -2.19. The molecule has 0 aliphatic rings. The third kappa shape index (κ3) is 4.06. The topological polar surface area (TPSA) is 41.5 Å². The first kappa shape index (κ1) is 17.6. The fraction of sp³-hybridized carbons (Fsp3) is 0.130. The fourth-order valence-electron chi connectivity index (χ4n) is 2.68. The summed E-state index contributed by atoms with van der Waals surface area (Å²) < 4.78 is 0. The lowest BCUT2D eigenvalue weighted by molar-refractivity contribution is 0.0954. The minimum absolute atomic E-state index is 0.201. The highest BCUT2D eigenvalue weighted by atomic mass is 16.2. The highest BCUT2D eigenvalue weighted by Crippen LogP contribution is 2.19. The first-order valence-corrected chi connectivity index (χ1v) is 8.62. The van der Waals surface area contributed by atoms with Gasteiger partial charge in [-0.2, -0.15) is 5.10 Å². The van der Waals surface area contributed by atoms with Gasteiger partial charge < -0.3 is 0 Å². The standard InChI is InChI=1S/C23H22N2O/c1-16-9-10-22(15-17(16)2)23(26)25-24-18(3)19-11-13-21(14-12-19)20-7-5-4-6-8-20/h4-15H,1-3H3,(H,25,26). The van der Waals surface area contributed by atoms with Crippen LogP contribution >= 0.6 is 0 Å². The quantitative estimate of drug-likeness (QED) is 0.518.